The van der Waals surface area contributed by atoms with Crippen molar-refractivity contribution >= 4 is 16.9 Å². The minimum absolute atomic E-state index is 0.0471. The van der Waals surface area contributed by atoms with Crippen molar-refractivity contribution in [3.8, 4) is 17.0 Å². The Balaban J connectivity index is 1.82. The molecule has 2 atom stereocenters. The molecule has 0 aliphatic rings. The fraction of sp³-hybridized carbons (Fsp3) is 0.280. The van der Waals surface area contributed by atoms with E-state index in [0.717, 1.165) is 18.2 Å². The molecular weight excluding hydrogens is 517 g/mol. The summed E-state index contributed by atoms with van der Waals surface area (Å²) in [5.74, 6) is -2.75. The van der Waals surface area contributed by atoms with Gasteiger partial charge in [-0.15, -0.1) is 0 Å². The summed E-state index contributed by atoms with van der Waals surface area (Å²) in [6, 6.07) is 9.82. The van der Waals surface area contributed by atoms with Crippen LogP contribution in [0.25, 0.3) is 11.3 Å². The van der Waals surface area contributed by atoms with Gasteiger partial charge in [-0.2, -0.15) is 13.2 Å². The number of nitrogens with zero attached hydrogens (tertiary/aromatic N) is 1. The second kappa shape index (κ2) is 11.8. The number of methoxy groups -OCH3 is 1. The highest BCUT2D eigenvalue weighted by molar-refractivity contribution is 7.82. The molecule has 2 N–H and O–H groups in total. The molecule has 0 saturated heterocycles. The van der Waals surface area contributed by atoms with Gasteiger partial charge in [-0.05, 0) is 48.4 Å². The van der Waals surface area contributed by atoms with Gasteiger partial charge in [0.25, 0.3) is 0 Å². The Morgan fingerprint density at radius 1 is 1.03 bits per heavy atom. The highest BCUT2D eigenvalue weighted by atomic mass is 32.2. The Bertz CT molecular complexity index is 1320. The second-order valence-corrected chi connectivity index (χ2v) is 9.31. The smallest absolute Gasteiger partial charge is 0.433 e. The zero-order valence-electron chi connectivity index (χ0n) is 20.1. The summed E-state index contributed by atoms with van der Waals surface area (Å²) in [6.07, 6.45) is -3.31. The highest BCUT2D eigenvalue weighted by Crippen LogP contribution is 2.32. The molecule has 0 bridgehead atoms. The normalized spacial score (nSPS) is 13.2. The Kier molecular flexibility index (Phi) is 8.98. The van der Waals surface area contributed by atoms with Crippen LogP contribution in [0, 0.1) is 11.6 Å². The molecule has 0 spiro atoms. The summed E-state index contributed by atoms with van der Waals surface area (Å²) >= 11 is 0. The number of amides is 1. The molecule has 0 saturated carbocycles. The number of hydrogen-bond acceptors (Lipinski definition) is 4. The molecule has 0 fully saturated rings. The van der Waals surface area contributed by atoms with Crippen molar-refractivity contribution in [3.05, 3.63) is 82.5 Å². The van der Waals surface area contributed by atoms with Gasteiger partial charge in [0.2, 0.25) is 5.91 Å². The maximum absolute atomic E-state index is 14.4. The predicted octanol–water partition coefficient (Wildman–Crippen LogP) is 4.86. The van der Waals surface area contributed by atoms with Crippen molar-refractivity contribution in [1.82, 2.24) is 15.0 Å². The maximum atomic E-state index is 14.4. The SMILES string of the molecule is COc1ccc(-c2nc(C(F)(F)F)ccc2CNC(=O)C(C)c2ccc(CNS(C)=O)c(F)c2)cc1F. The number of benzene rings is 2. The van der Waals surface area contributed by atoms with Crippen LogP contribution in [0.4, 0.5) is 22.0 Å². The van der Waals surface area contributed by atoms with Gasteiger partial charge in [0.1, 0.15) is 11.5 Å². The van der Waals surface area contributed by atoms with Gasteiger partial charge < -0.3 is 10.1 Å². The lowest BCUT2D eigenvalue weighted by Gasteiger charge is -2.16. The van der Waals surface area contributed by atoms with Crippen LogP contribution in [0.3, 0.4) is 0 Å². The van der Waals surface area contributed by atoms with Gasteiger partial charge in [-0.1, -0.05) is 18.2 Å². The Morgan fingerprint density at radius 2 is 1.73 bits per heavy atom. The number of aromatic nitrogens is 1. The zero-order chi connectivity index (χ0) is 27.3. The quantitative estimate of drug-likeness (QED) is 0.380. The maximum Gasteiger partial charge on any atom is 0.433 e. The largest absolute Gasteiger partial charge is 0.494 e. The lowest BCUT2D eigenvalue weighted by atomic mass is 9.98. The molecule has 6 nitrogen and oxygen atoms in total. The van der Waals surface area contributed by atoms with E-state index in [1.165, 1.54) is 37.6 Å². The van der Waals surface area contributed by atoms with E-state index in [0.29, 0.717) is 5.56 Å². The van der Waals surface area contributed by atoms with Gasteiger partial charge in [-0.3, -0.25) is 4.79 Å². The molecule has 0 radical (unpaired) electrons. The van der Waals surface area contributed by atoms with Crippen molar-refractivity contribution in [2.24, 2.45) is 0 Å². The molecule has 0 aliphatic carbocycles. The number of rotatable bonds is 9. The van der Waals surface area contributed by atoms with E-state index in [2.05, 4.69) is 15.0 Å². The minimum atomic E-state index is -4.73. The van der Waals surface area contributed by atoms with Crippen molar-refractivity contribution < 1.29 is 35.7 Å². The fourth-order valence-electron chi connectivity index (χ4n) is 3.49. The number of alkyl halides is 3. The molecule has 1 amide bonds. The molecule has 198 valence electrons. The average molecular weight is 542 g/mol. The summed E-state index contributed by atoms with van der Waals surface area (Å²) < 4.78 is 87.2. The Hall–Kier alpha value is -3.38. The highest BCUT2D eigenvalue weighted by Gasteiger charge is 2.33. The van der Waals surface area contributed by atoms with Gasteiger partial charge in [0.15, 0.2) is 11.6 Å². The van der Waals surface area contributed by atoms with Crippen LogP contribution >= 0.6 is 0 Å². The first-order valence-electron chi connectivity index (χ1n) is 10.9. The fourth-order valence-corrected chi connectivity index (χ4v) is 3.85. The van der Waals surface area contributed by atoms with Gasteiger partial charge >= 0.3 is 6.18 Å². The second-order valence-electron chi connectivity index (χ2n) is 8.12. The minimum Gasteiger partial charge on any atom is -0.494 e. The van der Waals surface area contributed by atoms with Crippen LogP contribution in [0.15, 0.2) is 48.5 Å². The topological polar surface area (TPSA) is 80.3 Å². The number of halogens is 5. The van der Waals surface area contributed by atoms with Crippen molar-refractivity contribution in [1.29, 1.82) is 0 Å². The van der Waals surface area contributed by atoms with E-state index in [1.807, 2.05) is 0 Å². The van der Waals surface area contributed by atoms with Crippen molar-refractivity contribution in [3.63, 3.8) is 0 Å². The molecule has 2 unspecified atom stereocenters. The molecule has 12 heteroatoms. The van der Waals surface area contributed by atoms with Crippen LogP contribution in [-0.2, 0) is 35.0 Å². The van der Waals surface area contributed by atoms with E-state index in [4.69, 9.17) is 4.74 Å². The zero-order valence-corrected chi connectivity index (χ0v) is 20.9. The third kappa shape index (κ3) is 7.10. The van der Waals surface area contributed by atoms with Crippen LogP contribution < -0.4 is 14.8 Å². The van der Waals surface area contributed by atoms with Crippen LogP contribution in [-0.4, -0.2) is 28.5 Å². The molecular formula is C25H24F5N3O3S. The number of carbonyl (C=O) groups excluding carboxylic acids is 1. The van der Waals surface area contributed by atoms with Gasteiger partial charge in [-0.25, -0.2) is 22.7 Å². The standard InChI is InChI=1S/C25H24F5N3O3S/c1-14(15-4-5-17(19(26)10-15)13-32-37(3)35)24(34)31-12-18-7-9-22(25(28,29)30)33-23(18)16-6-8-21(36-2)20(27)11-16/h4-11,14,32H,12-13H2,1-3H3,(H,31,34). The van der Waals surface area contributed by atoms with Crippen LogP contribution in [0.1, 0.15) is 35.2 Å². The van der Waals surface area contributed by atoms with Crippen molar-refractivity contribution in [2.45, 2.75) is 32.1 Å². The van der Waals surface area contributed by atoms with Crippen LogP contribution in [0.2, 0.25) is 0 Å². The summed E-state index contributed by atoms with van der Waals surface area (Å²) in [6.45, 7) is 1.39. The first-order chi connectivity index (χ1) is 17.4. The number of carbonyl (C=O) groups is 1. The summed E-state index contributed by atoms with van der Waals surface area (Å²) in [7, 11) is -0.0614. The number of hydrogen-bond donors (Lipinski definition) is 2. The van der Waals surface area contributed by atoms with Crippen LogP contribution in [0.5, 0.6) is 5.75 Å². The first kappa shape index (κ1) is 28.2. The third-order valence-electron chi connectivity index (χ3n) is 5.58. The predicted molar refractivity (Wildman–Crippen MR) is 129 cm³/mol. The summed E-state index contributed by atoms with van der Waals surface area (Å²) in [4.78, 5) is 16.5. The molecule has 0 aliphatic heterocycles. The molecule has 3 aromatic rings. The van der Waals surface area contributed by atoms with E-state index in [1.54, 1.807) is 13.0 Å². The van der Waals surface area contributed by atoms with E-state index >= 15 is 0 Å². The van der Waals surface area contributed by atoms with Crippen molar-refractivity contribution in [2.75, 3.05) is 13.4 Å². The van der Waals surface area contributed by atoms with Gasteiger partial charge in [0, 0.05) is 30.5 Å². The summed E-state index contributed by atoms with van der Waals surface area (Å²) in [5, 5.41) is 2.62. The average Bonchev–Trinajstić information content (AvgIpc) is 2.85. The number of pyridine rings is 1. The number of ether oxygens (including phenoxy) is 1. The van der Waals surface area contributed by atoms with E-state index in [9.17, 15) is 31.0 Å². The van der Waals surface area contributed by atoms with E-state index < -0.39 is 46.3 Å². The third-order valence-corrected chi connectivity index (χ3v) is 6.13. The monoisotopic (exact) mass is 541 g/mol. The number of nitrogens with one attached hydrogen (secondary N) is 2. The lowest BCUT2D eigenvalue weighted by molar-refractivity contribution is -0.141. The lowest BCUT2D eigenvalue weighted by Crippen LogP contribution is -2.28. The molecule has 1 aromatic heterocycles. The summed E-state index contributed by atoms with van der Waals surface area (Å²) in [5.41, 5.74) is -0.378. The Morgan fingerprint density at radius 3 is 2.32 bits per heavy atom. The Labute approximate surface area is 212 Å². The van der Waals surface area contributed by atoms with E-state index in [-0.39, 0.29) is 41.2 Å². The molecule has 2 aromatic carbocycles. The molecule has 37 heavy (non-hydrogen) atoms. The molecule has 1 heterocycles. The van der Waals surface area contributed by atoms with Gasteiger partial charge in [0.05, 0.1) is 29.7 Å². The first-order valence-corrected chi connectivity index (χ1v) is 12.5. The molecule has 3 rings (SSSR count).